The van der Waals surface area contributed by atoms with Crippen molar-refractivity contribution in [3.05, 3.63) is 23.8 Å². The van der Waals surface area contributed by atoms with Gasteiger partial charge in [0.1, 0.15) is 6.10 Å². The summed E-state index contributed by atoms with van der Waals surface area (Å²) in [4.78, 5) is 17.7. The van der Waals surface area contributed by atoms with Crippen LogP contribution in [0.2, 0.25) is 0 Å². The highest BCUT2D eigenvalue weighted by Crippen LogP contribution is 2.32. The van der Waals surface area contributed by atoms with Gasteiger partial charge in [-0.2, -0.15) is 0 Å². The van der Waals surface area contributed by atoms with Crippen molar-refractivity contribution in [3.8, 4) is 11.5 Å². The Labute approximate surface area is 170 Å². The summed E-state index contributed by atoms with van der Waals surface area (Å²) in [5.41, 5.74) is 0.704. The summed E-state index contributed by atoms with van der Waals surface area (Å²) in [6.45, 7) is 9.60. The second-order valence-corrected chi connectivity index (χ2v) is 8.37. The lowest BCUT2D eigenvalue weighted by atomic mass is 9.98. The third-order valence-electron chi connectivity index (χ3n) is 6.27. The molecule has 156 valence electrons. The Bertz CT molecular complexity index is 653. The summed E-state index contributed by atoms with van der Waals surface area (Å²) in [5, 5.41) is 0. The molecule has 1 atom stereocenters. The fourth-order valence-electron chi connectivity index (χ4n) is 4.45. The second kappa shape index (κ2) is 9.64. The SMILES string of the molecule is CC[C@H]1CCCCN1C(=O)c1ccc(OC)c(OC2CCN(C(C)C)CC2)c1. The van der Waals surface area contributed by atoms with E-state index in [4.69, 9.17) is 9.47 Å². The van der Waals surface area contributed by atoms with E-state index in [1.165, 1.54) is 6.42 Å². The third kappa shape index (κ3) is 4.80. The molecule has 0 saturated carbocycles. The van der Waals surface area contributed by atoms with E-state index < -0.39 is 0 Å². The van der Waals surface area contributed by atoms with Gasteiger partial charge in [-0.05, 0) is 70.6 Å². The van der Waals surface area contributed by atoms with Crippen LogP contribution in [0.5, 0.6) is 11.5 Å². The lowest BCUT2D eigenvalue weighted by Crippen LogP contribution is -2.43. The van der Waals surface area contributed by atoms with Crippen LogP contribution in [0.3, 0.4) is 0 Å². The number of piperidine rings is 2. The van der Waals surface area contributed by atoms with E-state index >= 15 is 0 Å². The number of nitrogens with zero attached hydrogens (tertiary/aromatic N) is 2. The number of hydrogen-bond donors (Lipinski definition) is 0. The van der Waals surface area contributed by atoms with Crippen LogP contribution in [0, 0.1) is 0 Å². The fourth-order valence-corrected chi connectivity index (χ4v) is 4.45. The third-order valence-corrected chi connectivity index (χ3v) is 6.27. The molecule has 1 aromatic rings. The largest absolute Gasteiger partial charge is 0.493 e. The lowest BCUT2D eigenvalue weighted by molar-refractivity contribution is 0.0605. The molecule has 5 nitrogen and oxygen atoms in total. The summed E-state index contributed by atoms with van der Waals surface area (Å²) in [6.07, 6.45) is 6.61. The molecule has 0 radical (unpaired) electrons. The standard InChI is InChI=1S/C23H36N2O3/c1-5-19-8-6-7-13-25(19)23(26)18-9-10-21(27-4)22(16-18)28-20-11-14-24(15-12-20)17(2)3/h9-10,16-17,19-20H,5-8,11-15H2,1-4H3/t19-/m0/s1. The summed E-state index contributed by atoms with van der Waals surface area (Å²) >= 11 is 0. The zero-order valence-electron chi connectivity index (χ0n) is 17.9. The first-order chi connectivity index (χ1) is 13.5. The second-order valence-electron chi connectivity index (χ2n) is 8.37. The number of ether oxygens (including phenoxy) is 2. The molecule has 3 rings (SSSR count). The maximum Gasteiger partial charge on any atom is 0.254 e. The van der Waals surface area contributed by atoms with E-state index in [2.05, 4.69) is 30.6 Å². The zero-order chi connectivity index (χ0) is 20.1. The molecule has 2 fully saturated rings. The molecule has 0 bridgehead atoms. The van der Waals surface area contributed by atoms with Gasteiger partial charge in [-0.25, -0.2) is 0 Å². The summed E-state index contributed by atoms with van der Waals surface area (Å²) < 4.78 is 11.8. The maximum atomic E-state index is 13.2. The van der Waals surface area contributed by atoms with Gasteiger partial charge < -0.3 is 19.3 Å². The van der Waals surface area contributed by atoms with E-state index in [-0.39, 0.29) is 12.0 Å². The Balaban J connectivity index is 1.72. The molecular formula is C23H36N2O3. The van der Waals surface area contributed by atoms with Crippen molar-refractivity contribution in [2.24, 2.45) is 0 Å². The molecule has 0 N–H and O–H groups in total. The van der Waals surface area contributed by atoms with Gasteiger partial charge in [-0.15, -0.1) is 0 Å². The molecule has 0 aliphatic carbocycles. The highest BCUT2D eigenvalue weighted by atomic mass is 16.5. The minimum Gasteiger partial charge on any atom is -0.493 e. The quantitative estimate of drug-likeness (QED) is 0.726. The van der Waals surface area contributed by atoms with Gasteiger partial charge in [0.25, 0.3) is 5.91 Å². The summed E-state index contributed by atoms with van der Waals surface area (Å²) in [5.74, 6) is 1.52. The van der Waals surface area contributed by atoms with E-state index in [9.17, 15) is 4.79 Å². The average molecular weight is 389 g/mol. The van der Waals surface area contributed by atoms with Gasteiger partial charge in [0.15, 0.2) is 11.5 Å². The van der Waals surface area contributed by atoms with Gasteiger partial charge in [0.05, 0.1) is 7.11 Å². The molecule has 28 heavy (non-hydrogen) atoms. The Kier molecular flexibility index (Phi) is 7.22. The van der Waals surface area contributed by atoms with Crippen LogP contribution in [-0.4, -0.2) is 60.6 Å². The van der Waals surface area contributed by atoms with Crippen molar-refractivity contribution in [2.75, 3.05) is 26.7 Å². The van der Waals surface area contributed by atoms with Crippen molar-refractivity contribution >= 4 is 5.91 Å². The van der Waals surface area contributed by atoms with E-state index in [0.29, 0.717) is 29.1 Å². The van der Waals surface area contributed by atoms with Gasteiger partial charge in [0, 0.05) is 37.3 Å². The van der Waals surface area contributed by atoms with Crippen LogP contribution in [0.1, 0.15) is 69.7 Å². The molecule has 5 heteroatoms. The maximum absolute atomic E-state index is 13.2. The zero-order valence-corrected chi connectivity index (χ0v) is 17.9. The molecule has 1 amide bonds. The Morgan fingerprint density at radius 2 is 1.86 bits per heavy atom. The van der Waals surface area contributed by atoms with Crippen molar-refractivity contribution in [1.29, 1.82) is 0 Å². The number of benzene rings is 1. The number of methoxy groups -OCH3 is 1. The van der Waals surface area contributed by atoms with Crippen LogP contribution in [0.4, 0.5) is 0 Å². The predicted octanol–water partition coefficient (Wildman–Crippen LogP) is 4.35. The van der Waals surface area contributed by atoms with E-state index in [0.717, 1.165) is 51.7 Å². The predicted molar refractivity (Wildman–Crippen MR) is 112 cm³/mol. The van der Waals surface area contributed by atoms with Gasteiger partial charge in [-0.3, -0.25) is 4.79 Å². The normalized spacial score (nSPS) is 21.8. The molecule has 2 saturated heterocycles. The fraction of sp³-hybridized carbons (Fsp3) is 0.696. The highest BCUT2D eigenvalue weighted by Gasteiger charge is 2.28. The molecule has 0 unspecified atom stereocenters. The van der Waals surface area contributed by atoms with Crippen LogP contribution in [-0.2, 0) is 0 Å². The molecule has 0 spiro atoms. The van der Waals surface area contributed by atoms with Crippen LogP contribution < -0.4 is 9.47 Å². The molecule has 2 aliphatic heterocycles. The smallest absolute Gasteiger partial charge is 0.254 e. The minimum absolute atomic E-state index is 0.119. The molecule has 0 aromatic heterocycles. The van der Waals surface area contributed by atoms with Crippen molar-refractivity contribution in [1.82, 2.24) is 9.80 Å². The van der Waals surface area contributed by atoms with Crippen molar-refractivity contribution < 1.29 is 14.3 Å². The minimum atomic E-state index is 0.119. The van der Waals surface area contributed by atoms with Gasteiger partial charge in [-0.1, -0.05) is 6.92 Å². The molecular weight excluding hydrogens is 352 g/mol. The topological polar surface area (TPSA) is 42.0 Å². The number of likely N-dealkylation sites (tertiary alicyclic amines) is 2. The lowest BCUT2D eigenvalue weighted by Gasteiger charge is -2.36. The highest BCUT2D eigenvalue weighted by molar-refractivity contribution is 5.95. The Morgan fingerprint density at radius 3 is 2.50 bits per heavy atom. The van der Waals surface area contributed by atoms with E-state index in [1.807, 2.05) is 18.2 Å². The first kappa shape index (κ1) is 21.0. The molecule has 2 aliphatic rings. The van der Waals surface area contributed by atoms with Crippen LogP contribution in [0.15, 0.2) is 18.2 Å². The Hall–Kier alpha value is -1.75. The number of carbonyl (C=O) groups is 1. The number of rotatable bonds is 6. The number of hydrogen-bond acceptors (Lipinski definition) is 4. The van der Waals surface area contributed by atoms with Crippen molar-refractivity contribution in [3.63, 3.8) is 0 Å². The number of amides is 1. The number of carbonyl (C=O) groups excluding carboxylic acids is 1. The van der Waals surface area contributed by atoms with Crippen LogP contribution >= 0.6 is 0 Å². The van der Waals surface area contributed by atoms with E-state index in [1.54, 1.807) is 7.11 Å². The first-order valence-electron chi connectivity index (χ1n) is 10.9. The summed E-state index contributed by atoms with van der Waals surface area (Å²) in [7, 11) is 1.66. The van der Waals surface area contributed by atoms with Gasteiger partial charge >= 0.3 is 0 Å². The monoisotopic (exact) mass is 388 g/mol. The molecule has 1 aromatic carbocycles. The average Bonchev–Trinajstić information content (AvgIpc) is 2.73. The van der Waals surface area contributed by atoms with Gasteiger partial charge in [0.2, 0.25) is 0 Å². The summed E-state index contributed by atoms with van der Waals surface area (Å²) in [6, 6.07) is 6.56. The molecule has 2 heterocycles. The van der Waals surface area contributed by atoms with Crippen LogP contribution in [0.25, 0.3) is 0 Å². The van der Waals surface area contributed by atoms with Crippen molar-refractivity contribution in [2.45, 2.75) is 77.5 Å². The Morgan fingerprint density at radius 1 is 1.11 bits per heavy atom. The first-order valence-corrected chi connectivity index (χ1v) is 10.9.